The van der Waals surface area contributed by atoms with E-state index in [9.17, 15) is 9.90 Å². The van der Waals surface area contributed by atoms with Crippen LogP contribution in [-0.2, 0) is 9.53 Å². The van der Waals surface area contributed by atoms with Gasteiger partial charge in [0.25, 0.3) is 0 Å². The van der Waals surface area contributed by atoms with Crippen LogP contribution in [0.15, 0.2) is 0 Å². The zero-order valence-corrected chi connectivity index (χ0v) is 16.9. The SMILES string of the molecule is CC[N+](C)(CC)C[C@H](C)OC(=O)[C@H]1CCCC[C@]1(O)C1CCCCC1. The molecule has 2 rings (SSSR count). The number of rotatable bonds is 7. The van der Waals surface area contributed by atoms with E-state index in [0.717, 1.165) is 62.6 Å². The molecule has 1 N–H and O–H groups in total. The summed E-state index contributed by atoms with van der Waals surface area (Å²) in [5, 5.41) is 11.5. The second-order valence-electron chi connectivity index (χ2n) is 8.81. The van der Waals surface area contributed by atoms with Crippen LogP contribution in [0.25, 0.3) is 0 Å². The van der Waals surface area contributed by atoms with Crippen LogP contribution in [0, 0.1) is 11.8 Å². The minimum absolute atomic E-state index is 0.102. The topological polar surface area (TPSA) is 46.5 Å². The Labute approximate surface area is 154 Å². The van der Waals surface area contributed by atoms with E-state index in [0.29, 0.717) is 0 Å². The van der Waals surface area contributed by atoms with Crippen LogP contribution in [0.3, 0.4) is 0 Å². The van der Waals surface area contributed by atoms with Crippen molar-refractivity contribution in [1.29, 1.82) is 0 Å². The van der Waals surface area contributed by atoms with Crippen LogP contribution < -0.4 is 0 Å². The van der Waals surface area contributed by atoms with Crippen LogP contribution in [0.2, 0.25) is 0 Å². The average Bonchev–Trinajstić information content (AvgIpc) is 2.62. The maximum Gasteiger partial charge on any atom is 0.312 e. The third-order valence-corrected chi connectivity index (χ3v) is 7.06. The Morgan fingerprint density at radius 3 is 2.32 bits per heavy atom. The molecule has 0 heterocycles. The molecule has 146 valence electrons. The van der Waals surface area contributed by atoms with Gasteiger partial charge in [0.15, 0.2) is 0 Å². The van der Waals surface area contributed by atoms with E-state index in [1.807, 2.05) is 6.92 Å². The van der Waals surface area contributed by atoms with Gasteiger partial charge in [0.2, 0.25) is 0 Å². The lowest BCUT2D eigenvalue weighted by atomic mass is 9.64. The molecule has 0 aliphatic heterocycles. The zero-order valence-electron chi connectivity index (χ0n) is 16.9. The third kappa shape index (κ3) is 4.97. The molecule has 0 unspecified atom stereocenters. The van der Waals surface area contributed by atoms with Crippen molar-refractivity contribution in [3.05, 3.63) is 0 Å². The molecule has 0 aromatic rings. The highest BCUT2D eigenvalue weighted by Gasteiger charge is 2.49. The number of carbonyl (C=O) groups is 1. The van der Waals surface area contributed by atoms with Crippen molar-refractivity contribution in [3.63, 3.8) is 0 Å². The van der Waals surface area contributed by atoms with Crippen molar-refractivity contribution in [1.82, 2.24) is 0 Å². The van der Waals surface area contributed by atoms with E-state index in [2.05, 4.69) is 20.9 Å². The molecule has 2 saturated carbocycles. The number of hydrogen-bond acceptors (Lipinski definition) is 3. The van der Waals surface area contributed by atoms with E-state index in [-0.39, 0.29) is 23.9 Å². The number of nitrogens with zero attached hydrogens (tertiary/aromatic N) is 1. The fourth-order valence-corrected chi connectivity index (χ4v) is 5.01. The summed E-state index contributed by atoms with van der Waals surface area (Å²) >= 11 is 0. The molecule has 0 aromatic heterocycles. The first-order chi connectivity index (χ1) is 11.8. The van der Waals surface area contributed by atoms with E-state index >= 15 is 0 Å². The Balaban J connectivity index is 2.02. The molecule has 4 heteroatoms. The van der Waals surface area contributed by atoms with Gasteiger partial charge in [-0.2, -0.15) is 0 Å². The van der Waals surface area contributed by atoms with Crippen molar-refractivity contribution in [3.8, 4) is 0 Å². The monoisotopic (exact) mass is 354 g/mol. The first-order valence-corrected chi connectivity index (χ1v) is 10.6. The lowest BCUT2D eigenvalue weighted by molar-refractivity contribution is -0.908. The molecule has 2 fully saturated rings. The molecule has 2 aliphatic rings. The number of carbonyl (C=O) groups excluding carboxylic acids is 1. The Morgan fingerprint density at radius 2 is 1.72 bits per heavy atom. The number of esters is 1. The van der Waals surface area contributed by atoms with Crippen LogP contribution in [0.4, 0.5) is 0 Å². The van der Waals surface area contributed by atoms with E-state index < -0.39 is 5.60 Å². The Kier molecular flexibility index (Phi) is 7.33. The fraction of sp³-hybridized carbons (Fsp3) is 0.952. The molecule has 25 heavy (non-hydrogen) atoms. The highest BCUT2D eigenvalue weighted by atomic mass is 16.5. The van der Waals surface area contributed by atoms with Crippen molar-refractivity contribution >= 4 is 5.97 Å². The smallest absolute Gasteiger partial charge is 0.312 e. The maximum absolute atomic E-state index is 12.9. The van der Waals surface area contributed by atoms with Gasteiger partial charge in [0.1, 0.15) is 12.6 Å². The van der Waals surface area contributed by atoms with Gasteiger partial charge < -0.3 is 14.3 Å². The third-order valence-electron chi connectivity index (χ3n) is 7.06. The molecule has 0 aromatic carbocycles. The second kappa shape index (κ2) is 8.85. The fourth-order valence-electron chi connectivity index (χ4n) is 5.01. The zero-order chi connectivity index (χ0) is 18.5. The van der Waals surface area contributed by atoms with Crippen molar-refractivity contribution < 1.29 is 19.1 Å². The van der Waals surface area contributed by atoms with Gasteiger partial charge in [-0.05, 0) is 52.4 Å². The Bertz CT molecular complexity index is 429. The number of ether oxygens (including phenoxy) is 1. The van der Waals surface area contributed by atoms with E-state index in [4.69, 9.17) is 4.74 Å². The summed E-state index contributed by atoms with van der Waals surface area (Å²) in [5.74, 6) is -0.199. The summed E-state index contributed by atoms with van der Waals surface area (Å²) in [4.78, 5) is 12.9. The lowest BCUT2D eigenvalue weighted by Crippen LogP contribution is -2.53. The second-order valence-corrected chi connectivity index (χ2v) is 8.81. The average molecular weight is 355 g/mol. The first kappa shape index (κ1) is 20.7. The summed E-state index contributed by atoms with van der Waals surface area (Å²) in [5.41, 5.74) is -0.830. The van der Waals surface area contributed by atoms with E-state index in [1.165, 1.54) is 19.3 Å². The van der Waals surface area contributed by atoms with Crippen molar-refractivity contribution in [2.75, 3.05) is 26.7 Å². The molecule has 0 spiro atoms. The largest absolute Gasteiger partial charge is 0.456 e. The van der Waals surface area contributed by atoms with Crippen LogP contribution in [0.5, 0.6) is 0 Å². The molecular weight excluding hydrogens is 314 g/mol. The Morgan fingerprint density at radius 1 is 1.12 bits per heavy atom. The van der Waals surface area contributed by atoms with Gasteiger partial charge in [0.05, 0.1) is 31.7 Å². The molecule has 0 bridgehead atoms. The van der Waals surface area contributed by atoms with Crippen LogP contribution >= 0.6 is 0 Å². The normalized spacial score (nSPS) is 30.0. The summed E-state index contributed by atoms with van der Waals surface area (Å²) in [6.45, 7) is 9.28. The summed E-state index contributed by atoms with van der Waals surface area (Å²) < 4.78 is 6.77. The molecule has 0 radical (unpaired) electrons. The lowest BCUT2D eigenvalue weighted by Gasteiger charge is -2.46. The number of likely N-dealkylation sites (N-methyl/N-ethyl adjacent to an activating group) is 1. The van der Waals surface area contributed by atoms with Gasteiger partial charge in [0, 0.05) is 0 Å². The molecule has 3 atom stereocenters. The quantitative estimate of drug-likeness (QED) is 0.557. The van der Waals surface area contributed by atoms with Gasteiger partial charge in [-0.1, -0.05) is 32.1 Å². The van der Waals surface area contributed by atoms with Crippen molar-refractivity contribution in [2.45, 2.75) is 90.3 Å². The van der Waals surface area contributed by atoms with Gasteiger partial charge >= 0.3 is 5.97 Å². The summed E-state index contributed by atoms with van der Waals surface area (Å²) in [6.07, 6.45) is 9.29. The van der Waals surface area contributed by atoms with Crippen molar-refractivity contribution in [2.24, 2.45) is 11.8 Å². The standard InChI is InChI=1S/C21H40NO3/c1-5-22(4,6-2)16-17(3)25-20(23)19-14-10-11-15-21(19,24)18-12-8-7-9-13-18/h17-19,24H,5-16H2,1-4H3/q+1/t17-,19+,21-/m0/s1. The molecule has 2 aliphatic carbocycles. The molecule has 4 nitrogen and oxygen atoms in total. The first-order valence-electron chi connectivity index (χ1n) is 10.6. The summed E-state index contributed by atoms with van der Waals surface area (Å²) in [6, 6.07) is 0. The van der Waals surface area contributed by atoms with Gasteiger partial charge in [-0.3, -0.25) is 4.79 Å². The Hall–Kier alpha value is -0.610. The van der Waals surface area contributed by atoms with E-state index in [1.54, 1.807) is 0 Å². The molecular formula is C21H40NO3+. The predicted octanol–water partition coefficient (Wildman–Crippen LogP) is 3.91. The number of hydrogen-bond donors (Lipinski definition) is 1. The highest BCUT2D eigenvalue weighted by molar-refractivity contribution is 5.74. The maximum atomic E-state index is 12.9. The molecule has 0 saturated heterocycles. The molecule has 0 amide bonds. The van der Waals surface area contributed by atoms with Gasteiger partial charge in [-0.25, -0.2) is 0 Å². The number of quaternary nitrogens is 1. The van der Waals surface area contributed by atoms with Crippen LogP contribution in [0.1, 0.15) is 78.6 Å². The van der Waals surface area contributed by atoms with Gasteiger partial charge in [-0.15, -0.1) is 0 Å². The van der Waals surface area contributed by atoms with Crippen LogP contribution in [-0.4, -0.2) is 53.9 Å². The highest BCUT2D eigenvalue weighted by Crippen LogP contribution is 2.45. The number of aliphatic hydroxyl groups is 1. The predicted molar refractivity (Wildman–Crippen MR) is 101 cm³/mol. The minimum Gasteiger partial charge on any atom is -0.456 e. The summed E-state index contributed by atoms with van der Waals surface area (Å²) in [7, 11) is 2.21. The minimum atomic E-state index is -0.830.